The van der Waals surface area contributed by atoms with Crippen LogP contribution in [0.2, 0.25) is 0 Å². The highest BCUT2D eigenvalue weighted by Crippen LogP contribution is 2.32. The van der Waals surface area contributed by atoms with Crippen LogP contribution >= 0.6 is 0 Å². The Morgan fingerprint density at radius 2 is 1.52 bits per heavy atom. The molecular formula is C26H18N2O4S. The lowest BCUT2D eigenvalue weighted by atomic mass is 10.0. The Labute approximate surface area is 191 Å². The van der Waals surface area contributed by atoms with Crippen LogP contribution in [0.25, 0.3) is 11.1 Å². The molecule has 0 bridgehead atoms. The number of para-hydroxylation sites is 1. The van der Waals surface area contributed by atoms with Crippen molar-refractivity contribution in [3.05, 3.63) is 109 Å². The molecule has 0 aromatic heterocycles. The molecule has 0 fully saturated rings. The number of amides is 1. The lowest BCUT2D eigenvalue weighted by Gasteiger charge is -2.12. The number of benzene rings is 4. The summed E-state index contributed by atoms with van der Waals surface area (Å²) in [6.45, 7) is 0. The van der Waals surface area contributed by atoms with E-state index in [0.717, 1.165) is 0 Å². The van der Waals surface area contributed by atoms with Gasteiger partial charge in [0.15, 0.2) is 0 Å². The minimum Gasteiger partial charge on any atom is -0.410 e. The summed E-state index contributed by atoms with van der Waals surface area (Å²) in [5.74, 6) is 0.395. The smallest absolute Gasteiger partial charge is 0.410 e. The van der Waals surface area contributed by atoms with Crippen molar-refractivity contribution in [1.82, 2.24) is 0 Å². The van der Waals surface area contributed by atoms with Crippen molar-refractivity contribution < 1.29 is 17.9 Å². The van der Waals surface area contributed by atoms with Gasteiger partial charge >= 0.3 is 6.09 Å². The van der Waals surface area contributed by atoms with Crippen LogP contribution in [0.4, 0.5) is 10.5 Å². The minimum atomic E-state index is -3.86. The van der Waals surface area contributed by atoms with E-state index in [9.17, 15) is 18.5 Å². The van der Waals surface area contributed by atoms with E-state index in [2.05, 4.69) is 11.4 Å². The standard InChI is InChI=1S/C26H18N2O4S/c27-18-19-7-6-8-20(17-19)24-11-4-5-12-25(24)33(30,31)23-15-13-21(14-16-23)28-26(29)32-22-9-2-1-3-10-22/h1-17H,(H,28,29). The molecule has 1 amide bonds. The average Bonchev–Trinajstić information content (AvgIpc) is 2.85. The van der Waals surface area contributed by atoms with E-state index in [1.807, 2.05) is 6.07 Å². The molecule has 4 rings (SSSR count). The van der Waals surface area contributed by atoms with E-state index in [1.165, 1.54) is 30.3 Å². The largest absolute Gasteiger partial charge is 0.417 e. The molecule has 0 atom stereocenters. The third kappa shape index (κ3) is 4.92. The second-order valence-electron chi connectivity index (χ2n) is 7.04. The molecule has 162 valence electrons. The van der Waals surface area contributed by atoms with Crippen molar-refractivity contribution >= 4 is 21.6 Å². The number of hydrogen-bond acceptors (Lipinski definition) is 5. The van der Waals surface area contributed by atoms with Gasteiger partial charge < -0.3 is 4.74 Å². The Balaban J connectivity index is 1.59. The summed E-state index contributed by atoms with van der Waals surface area (Å²) in [4.78, 5) is 12.3. The number of carbonyl (C=O) groups excluding carboxylic acids is 1. The maximum atomic E-state index is 13.4. The molecule has 0 spiro atoms. The molecule has 0 aliphatic carbocycles. The van der Waals surface area contributed by atoms with E-state index in [-0.39, 0.29) is 9.79 Å². The molecule has 1 N–H and O–H groups in total. The monoisotopic (exact) mass is 454 g/mol. The van der Waals surface area contributed by atoms with Gasteiger partial charge in [-0.25, -0.2) is 13.2 Å². The number of rotatable bonds is 5. The normalized spacial score (nSPS) is 10.8. The number of ether oxygens (including phenoxy) is 1. The lowest BCUT2D eigenvalue weighted by Crippen LogP contribution is -2.16. The van der Waals surface area contributed by atoms with E-state index in [0.29, 0.717) is 28.1 Å². The zero-order valence-electron chi connectivity index (χ0n) is 17.3. The van der Waals surface area contributed by atoms with E-state index >= 15 is 0 Å². The quantitative estimate of drug-likeness (QED) is 0.419. The molecule has 0 heterocycles. The summed E-state index contributed by atoms with van der Waals surface area (Å²) in [5, 5.41) is 11.8. The molecule has 0 saturated carbocycles. The third-order valence-electron chi connectivity index (χ3n) is 4.84. The van der Waals surface area contributed by atoms with E-state index in [4.69, 9.17) is 4.74 Å². The van der Waals surface area contributed by atoms with Crippen LogP contribution in [-0.4, -0.2) is 14.5 Å². The van der Waals surface area contributed by atoms with Gasteiger partial charge in [0, 0.05) is 11.3 Å². The Morgan fingerprint density at radius 3 is 2.24 bits per heavy atom. The Bertz CT molecular complexity index is 1440. The molecule has 4 aromatic carbocycles. The molecule has 0 unspecified atom stereocenters. The van der Waals surface area contributed by atoms with Gasteiger partial charge in [-0.05, 0) is 60.2 Å². The topological polar surface area (TPSA) is 96.3 Å². The predicted octanol–water partition coefficient (Wildman–Crippen LogP) is 5.67. The molecule has 33 heavy (non-hydrogen) atoms. The van der Waals surface area contributed by atoms with Gasteiger partial charge in [0.25, 0.3) is 0 Å². The zero-order chi connectivity index (χ0) is 23.3. The Morgan fingerprint density at radius 1 is 0.818 bits per heavy atom. The summed E-state index contributed by atoms with van der Waals surface area (Å²) in [6, 6.07) is 30.0. The van der Waals surface area contributed by atoms with Gasteiger partial charge in [-0.15, -0.1) is 0 Å². The van der Waals surface area contributed by atoms with Crippen LogP contribution in [0.3, 0.4) is 0 Å². The first-order valence-electron chi connectivity index (χ1n) is 9.96. The van der Waals surface area contributed by atoms with Crippen LogP contribution in [-0.2, 0) is 9.84 Å². The molecule has 0 radical (unpaired) electrons. The fourth-order valence-corrected chi connectivity index (χ4v) is 4.76. The van der Waals surface area contributed by atoms with Crippen LogP contribution in [0.15, 0.2) is 113 Å². The van der Waals surface area contributed by atoms with Crippen molar-refractivity contribution in [2.24, 2.45) is 0 Å². The van der Waals surface area contributed by atoms with Crippen LogP contribution < -0.4 is 10.1 Å². The van der Waals surface area contributed by atoms with Crippen molar-refractivity contribution in [3.63, 3.8) is 0 Å². The van der Waals surface area contributed by atoms with Gasteiger partial charge in [-0.2, -0.15) is 5.26 Å². The molecule has 4 aromatic rings. The molecule has 0 aliphatic rings. The van der Waals surface area contributed by atoms with E-state index < -0.39 is 15.9 Å². The number of hydrogen-bond donors (Lipinski definition) is 1. The van der Waals surface area contributed by atoms with Crippen molar-refractivity contribution in [2.45, 2.75) is 9.79 Å². The average molecular weight is 455 g/mol. The number of nitrogens with one attached hydrogen (secondary N) is 1. The number of carbonyl (C=O) groups is 1. The maximum absolute atomic E-state index is 13.4. The van der Waals surface area contributed by atoms with E-state index in [1.54, 1.807) is 66.7 Å². The number of nitriles is 1. The summed E-state index contributed by atoms with van der Waals surface area (Å²) in [6.07, 6.45) is -0.681. The summed E-state index contributed by atoms with van der Waals surface area (Å²) in [5.41, 5.74) is 1.97. The van der Waals surface area contributed by atoms with Gasteiger partial charge in [0.2, 0.25) is 9.84 Å². The van der Waals surface area contributed by atoms with Gasteiger partial charge in [-0.3, -0.25) is 5.32 Å². The maximum Gasteiger partial charge on any atom is 0.417 e. The molecule has 7 heteroatoms. The first-order valence-corrected chi connectivity index (χ1v) is 11.4. The SMILES string of the molecule is N#Cc1cccc(-c2ccccc2S(=O)(=O)c2ccc(NC(=O)Oc3ccccc3)cc2)c1. The fraction of sp³-hybridized carbons (Fsp3) is 0. The molecule has 0 saturated heterocycles. The highest BCUT2D eigenvalue weighted by Gasteiger charge is 2.22. The number of anilines is 1. The van der Waals surface area contributed by atoms with Crippen molar-refractivity contribution in [3.8, 4) is 22.9 Å². The second kappa shape index (κ2) is 9.39. The molecule has 6 nitrogen and oxygen atoms in total. The first kappa shape index (κ1) is 21.8. The Kier molecular flexibility index (Phi) is 6.20. The van der Waals surface area contributed by atoms with Crippen LogP contribution in [0.5, 0.6) is 5.75 Å². The Hall–Kier alpha value is -4.41. The lowest BCUT2D eigenvalue weighted by molar-refractivity contribution is 0.215. The van der Waals surface area contributed by atoms with Crippen LogP contribution in [0.1, 0.15) is 5.56 Å². The van der Waals surface area contributed by atoms with Crippen LogP contribution in [0, 0.1) is 11.3 Å². The summed E-state index contributed by atoms with van der Waals surface area (Å²) in [7, 11) is -3.86. The third-order valence-corrected chi connectivity index (χ3v) is 6.67. The second-order valence-corrected chi connectivity index (χ2v) is 8.96. The highest BCUT2D eigenvalue weighted by atomic mass is 32.2. The zero-order valence-corrected chi connectivity index (χ0v) is 18.1. The van der Waals surface area contributed by atoms with Gasteiger partial charge in [0.1, 0.15) is 5.75 Å². The number of sulfone groups is 1. The molecule has 0 aliphatic heterocycles. The summed E-state index contributed by atoms with van der Waals surface area (Å²) < 4.78 is 31.9. The van der Waals surface area contributed by atoms with Gasteiger partial charge in [-0.1, -0.05) is 48.5 Å². The van der Waals surface area contributed by atoms with Crippen molar-refractivity contribution in [1.29, 1.82) is 5.26 Å². The first-order chi connectivity index (χ1) is 16.0. The molecular weight excluding hydrogens is 436 g/mol. The fourth-order valence-electron chi connectivity index (χ4n) is 3.28. The van der Waals surface area contributed by atoms with Crippen molar-refractivity contribution in [2.75, 3.05) is 5.32 Å². The minimum absolute atomic E-state index is 0.0772. The van der Waals surface area contributed by atoms with Gasteiger partial charge in [0.05, 0.1) is 21.4 Å². The predicted molar refractivity (Wildman–Crippen MR) is 125 cm³/mol. The number of nitrogens with zero attached hydrogens (tertiary/aromatic N) is 1. The highest BCUT2D eigenvalue weighted by molar-refractivity contribution is 7.91. The summed E-state index contributed by atoms with van der Waals surface area (Å²) >= 11 is 0.